The van der Waals surface area contributed by atoms with E-state index >= 15 is 0 Å². The van der Waals surface area contributed by atoms with E-state index in [1.807, 2.05) is 43.3 Å². The van der Waals surface area contributed by atoms with Crippen LogP contribution in [0.4, 0.5) is 5.69 Å². The van der Waals surface area contributed by atoms with E-state index in [4.69, 9.17) is 0 Å². The summed E-state index contributed by atoms with van der Waals surface area (Å²) in [4.78, 5) is 39.6. The third-order valence-electron chi connectivity index (χ3n) is 5.46. The Kier molecular flexibility index (Phi) is 4.83. The molecule has 0 aromatic heterocycles. The van der Waals surface area contributed by atoms with E-state index in [0.717, 1.165) is 36.9 Å². The summed E-state index contributed by atoms with van der Waals surface area (Å²) in [5, 5.41) is 0. The molecule has 4 nitrogen and oxygen atoms in total. The molecule has 24 heavy (non-hydrogen) atoms. The summed E-state index contributed by atoms with van der Waals surface area (Å²) < 4.78 is 0. The fourth-order valence-electron chi connectivity index (χ4n) is 4.02. The molecule has 0 bridgehead atoms. The molecule has 0 N–H and O–H groups in total. The number of anilines is 1. The first-order valence-corrected chi connectivity index (χ1v) is 8.84. The van der Waals surface area contributed by atoms with Gasteiger partial charge in [-0.15, -0.1) is 0 Å². The Hall–Kier alpha value is -1.97. The van der Waals surface area contributed by atoms with E-state index in [0.29, 0.717) is 12.8 Å². The Morgan fingerprint density at radius 1 is 0.958 bits per heavy atom. The van der Waals surface area contributed by atoms with Crippen LogP contribution in [0, 0.1) is 11.8 Å². The SMILES string of the molecule is CN(C)c1ccc(C2CC(=O)C(C(=O)C3CCCC3)C(=O)C2)cc1. The molecule has 1 aromatic rings. The van der Waals surface area contributed by atoms with Gasteiger partial charge in [0.2, 0.25) is 0 Å². The highest BCUT2D eigenvalue weighted by atomic mass is 16.2. The fraction of sp³-hybridized carbons (Fsp3) is 0.550. The van der Waals surface area contributed by atoms with Crippen molar-refractivity contribution in [2.75, 3.05) is 19.0 Å². The van der Waals surface area contributed by atoms with Crippen molar-refractivity contribution >= 4 is 23.0 Å². The van der Waals surface area contributed by atoms with E-state index in [1.165, 1.54) is 0 Å². The van der Waals surface area contributed by atoms with Crippen molar-refractivity contribution in [1.82, 2.24) is 0 Å². The van der Waals surface area contributed by atoms with Gasteiger partial charge in [0.05, 0.1) is 0 Å². The Morgan fingerprint density at radius 2 is 1.50 bits per heavy atom. The van der Waals surface area contributed by atoms with Crippen LogP contribution in [0.2, 0.25) is 0 Å². The minimum absolute atomic E-state index is 0.0705. The number of nitrogens with zero attached hydrogens (tertiary/aromatic N) is 1. The summed E-state index contributed by atoms with van der Waals surface area (Å²) in [6.07, 6.45) is 4.35. The van der Waals surface area contributed by atoms with Gasteiger partial charge in [-0.05, 0) is 36.5 Å². The molecule has 2 aliphatic carbocycles. The molecule has 2 saturated carbocycles. The van der Waals surface area contributed by atoms with Crippen LogP contribution in [0.3, 0.4) is 0 Å². The van der Waals surface area contributed by atoms with E-state index in [9.17, 15) is 14.4 Å². The molecule has 0 saturated heterocycles. The first-order valence-electron chi connectivity index (χ1n) is 8.84. The monoisotopic (exact) mass is 327 g/mol. The number of carbonyl (C=O) groups excluding carboxylic acids is 3. The summed E-state index contributed by atoms with van der Waals surface area (Å²) in [5.41, 5.74) is 2.09. The van der Waals surface area contributed by atoms with E-state index < -0.39 is 5.92 Å². The normalized spacial score (nSPS) is 25.1. The molecule has 1 aromatic carbocycles. The summed E-state index contributed by atoms with van der Waals surface area (Å²) in [5.74, 6) is -1.60. The highest BCUT2D eigenvalue weighted by Crippen LogP contribution is 2.36. The Labute approximate surface area is 143 Å². The van der Waals surface area contributed by atoms with Crippen LogP contribution in [0.1, 0.15) is 50.0 Å². The first-order chi connectivity index (χ1) is 11.5. The lowest BCUT2D eigenvalue weighted by Gasteiger charge is -2.27. The first kappa shape index (κ1) is 16.9. The number of carbonyl (C=O) groups is 3. The maximum Gasteiger partial charge on any atom is 0.153 e. The van der Waals surface area contributed by atoms with Crippen molar-refractivity contribution in [3.63, 3.8) is 0 Å². The van der Waals surface area contributed by atoms with Crippen LogP contribution in [0.15, 0.2) is 24.3 Å². The van der Waals surface area contributed by atoms with E-state index in [1.54, 1.807) is 0 Å². The van der Waals surface area contributed by atoms with Gasteiger partial charge in [0, 0.05) is 38.5 Å². The molecule has 2 fully saturated rings. The molecule has 4 heteroatoms. The second kappa shape index (κ2) is 6.88. The summed E-state index contributed by atoms with van der Waals surface area (Å²) in [6, 6.07) is 7.97. The molecule has 3 rings (SSSR count). The Bertz CT molecular complexity index is 623. The molecular weight excluding hydrogens is 302 g/mol. The molecule has 128 valence electrons. The van der Waals surface area contributed by atoms with Crippen molar-refractivity contribution in [1.29, 1.82) is 0 Å². The van der Waals surface area contributed by atoms with Gasteiger partial charge in [-0.1, -0.05) is 25.0 Å². The van der Waals surface area contributed by atoms with Crippen molar-refractivity contribution in [2.45, 2.75) is 44.4 Å². The molecule has 2 aliphatic rings. The van der Waals surface area contributed by atoms with Crippen molar-refractivity contribution < 1.29 is 14.4 Å². The molecule has 0 spiro atoms. The zero-order valence-electron chi connectivity index (χ0n) is 14.5. The van der Waals surface area contributed by atoms with Crippen LogP contribution in [0.25, 0.3) is 0 Å². The lowest BCUT2D eigenvalue weighted by Crippen LogP contribution is -2.40. The molecule has 0 aliphatic heterocycles. The average molecular weight is 327 g/mol. The van der Waals surface area contributed by atoms with Crippen molar-refractivity contribution in [3.8, 4) is 0 Å². The van der Waals surface area contributed by atoms with Gasteiger partial charge >= 0.3 is 0 Å². The highest BCUT2D eigenvalue weighted by molar-refractivity contribution is 6.21. The topological polar surface area (TPSA) is 54.5 Å². The summed E-state index contributed by atoms with van der Waals surface area (Å²) in [7, 11) is 3.95. The largest absolute Gasteiger partial charge is 0.378 e. The van der Waals surface area contributed by atoms with Crippen LogP contribution >= 0.6 is 0 Å². The molecule has 0 radical (unpaired) electrons. The summed E-state index contributed by atoms with van der Waals surface area (Å²) >= 11 is 0. The van der Waals surface area contributed by atoms with Gasteiger partial charge in [-0.2, -0.15) is 0 Å². The second-order valence-corrected chi connectivity index (χ2v) is 7.34. The molecule has 0 atom stereocenters. The zero-order valence-corrected chi connectivity index (χ0v) is 14.5. The van der Waals surface area contributed by atoms with Crippen LogP contribution < -0.4 is 4.90 Å². The zero-order chi connectivity index (χ0) is 17.3. The Balaban J connectivity index is 1.71. The minimum Gasteiger partial charge on any atom is -0.378 e. The number of benzene rings is 1. The third-order valence-corrected chi connectivity index (χ3v) is 5.46. The van der Waals surface area contributed by atoms with Crippen LogP contribution in [-0.2, 0) is 14.4 Å². The van der Waals surface area contributed by atoms with Gasteiger partial charge in [0.15, 0.2) is 17.3 Å². The Morgan fingerprint density at radius 3 is 2.00 bits per heavy atom. The number of rotatable bonds is 4. The number of ketones is 3. The van der Waals surface area contributed by atoms with Gasteiger partial charge in [-0.25, -0.2) is 0 Å². The fourth-order valence-corrected chi connectivity index (χ4v) is 4.02. The standard InChI is InChI=1S/C20H25NO3/c1-21(2)16-9-7-13(8-10-16)15-11-17(22)19(18(23)12-15)20(24)14-5-3-4-6-14/h7-10,14-15,19H,3-6,11-12H2,1-2H3. The van der Waals surface area contributed by atoms with Gasteiger partial charge < -0.3 is 4.90 Å². The summed E-state index contributed by atoms with van der Waals surface area (Å²) in [6.45, 7) is 0. The highest BCUT2D eigenvalue weighted by Gasteiger charge is 2.43. The van der Waals surface area contributed by atoms with Gasteiger partial charge in [0.1, 0.15) is 5.92 Å². The van der Waals surface area contributed by atoms with Crippen LogP contribution in [0.5, 0.6) is 0 Å². The lowest BCUT2D eigenvalue weighted by atomic mass is 9.73. The number of hydrogen-bond donors (Lipinski definition) is 0. The number of Topliss-reactive ketones (excluding diaryl/α,β-unsaturated/α-hetero) is 3. The maximum atomic E-state index is 12.5. The van der Waals surface area contributed by atoms with Crippen molar-refractivity contribution in [2.24, 2.45) is 11.8 Å². The predicted octanol–water partition coefficient (Wildman–Crippen LogP) is 3.14. The molecule has 0 amide bonds. The minimum atomic E-state index is -0.981. The molecule has 0 heterocycles. The predicted molar refractivity (Wildman–Crippen MR) is 93.2 cm³/mol. The average Bonchev–Trinajstić information content (AvgIpc) is 3.08. The van der Waals surface area contributed by atoms with E-state index in [2.05, 4.69) is 0 Å². The quantitative estimate of drug-likeness (QED) is 0.797. The lowest BCUT2D eigenvalue weighted by molar-refractivity contribution is -0.144. The number of hydrogen-bond acceptors (Lipinski definition) is 4. The third kappa shape index (κ3) is 3.28. The second-order valence-electron chi connectivity index (χ2n) is 7.34. The van der Waals surface area contributed by atoms with E-state index in [-0.39, 0.29) is 29.2 Å². The molecular formula is C20H25NO3. The van der Waals surface area contributed by atoms with Crippen LogP contribution in [-0.4, -0.2) is 31.4 Å². The van der Waals surface area contributed by atoms with Gasteiger partial charge in [-0.3, -0.25) is 14.4 Å². The van der Waals surface area contributed by atoms with Crippen molar-refractivity contribution in [3.05, 3.63) is 29.8 Å². The van der Waals surface area contributed by atoms with Gasteiger partial charge in [0.25, 0.3) is 0 Å². The smallest absolute Gasteiger partial charge is 0.153 e. The maximum absolute atomic E-state index is 12.5. The molecule has 0 unspecified atom stereocenters.